The summed E-state index contributed by atoms with van der Waals surface area (Å²) in [5, 5.41) is 8.00. The number of hydrogen-bond donors (Lipinski definition) is 2. The molecule has 1 unspecified atom stereocenters. The van der Waals surface area contributed by atoms with Crippen LogP contribution in [0, 0.1) is 0 Å². The van der Waals surface area contributed by atoms with E-state index in [4.69, 9.17) is 16.3 Å². The first-order valence-electron chi connectivity index (χ1n) is 7.90. The Morgan fingerprint density at radius 2 is 2.12 bits per heavy atom. The molecule has 1 atom stereocenters. The number of carbonyl (C=O) groups excluding carboxylic acids is 2. The number of nitrogens with one attached hydrogen (secondary N) is 2. The number of aromatic nitrogens is 1. The van der Waals surface area contributed by atoms with Gasteiger partial charge in [-0.15, -0.1) is 11.3 Å². The molecule has 2 amide bonds. The maximum absolute atomic E-state index is 12.4. The molecule has 26 heavy (non-hydrogen) atoms. The molecule has 1 aromatic carbocycles. The maximum Gasteiger partial charge on any atom is 0.258 e. The summed E-state index contributed by atoms with van der Waals surface area (Å²) in [6.07, 6.45) is 2.49. The van der Waals surface area contributed by atoms with E-state index in [1.807, 2.05) is 11.6 Å². The van der Waals surface area contributed by atoms with Crippen LogP contribution in [-0.2, 0) is 16.1 Å². The van der Waals surface area contributed by atoms with E-state index in [1.54, 1.807) is 41.5 Å². The van der Waals surface area contributed by atoms with Gasteiger partial charge in [0.2, 0.25) is 5.91 Å². The minimum absolute atomic E-state index is 0.170. The predicted octanol–water partition coefficient (Wildman–Crippen LogP) is 2.73. The molecule has 0 aliphatic rings. The van der Waals surface area contributed by atoms with Gasteiger partial charge in [-0.2, -0.15) is 11.8 Å². The van der Waals surface area contributed by atoms with Crippen molar-refractivity contribution >= 4 is 46.5 Å². The molecular weight excluding hydrogens is 394 g/mol. The van der Waals surface area contributed by atoms with Gasteiger partial charge in [0.15, 0.2) is 6.61 Å². The van der Waals surface area contributed by atoms with Crippen molar-refractivity contribution in [3.8, 4) is 5.75 Å². The van der Waals surface area contributed by atoms with Crippen molar-refractivity contribution in [1.82, 2.24) is 15.6 Å². The number of benzene rings is 1. The topological polar surface area (TPSA) is 80.3 Å². The highest BCUT2D eigenvalue weighted by molar-refractivity contribution is 7.98. The molecule has 0 radical (unpaired) electrons. The van der Waals surface area contributed by atoms with Crippen LogP contribution in [0.1, 0.15) is 12.1 Å². The van der Waals surface area contributed by atoms with Crippen molar-refractivity contribution in [2.24, 2.45) is 0 Å². The highest BCUT2D eigenvalue weighted by atomic mass is 35.5. The molecule has 0 fully saturated rings. The van der Waals surface area contributed by atoms with Crippen LogP contribution in [0.3, 0.4) is 0 Å². The lowest BCUT2D eigenvalue weighted by Gasteiger charge is -2.18. The second kappa shape index (κ2) is 11.1. The SMILES string of the molecule is CSCCC(NC(=O)COc1ccc(Cl)cc1)C(=O)NCc1cscn1. The van der Waals surface area contributed by atoms with E-state index < -0.39 is 6.04 Å². The molecule has 0 saturated heterocycles. The Bertz CT molecular complexity index is 696. The zero-order valence-electron chi connectivity index (χ0n) is 14.2. The molecule has 2 aromatic rings. The first-order valence-corrected chi connectivity index (χ1v) is 10.6. The summed E-state index contributed by atoms with van der Waals surface area (Å²) in [4.78, 5) is 28.6. The van der Waals surface area contributed by atoms with Gasteiger partial charge in [-0.3, -0.25) is 9.59 Å². The van der Waals surface area contributed by atoms with Gasteiger partial charge in [-0.25, -0.2) is 4.98 Å². The van der Waals surface area contributed by atoms with Crippen LogP contribution in [0.25, 0.3) is 0 Å². The zero-order chi connectivity index (χ0) is 18.8. The molecule has 0 saturated carbocycles. The summed E-state index contributed by atoms with van der Waals surface area (Å²) in [6, 6.07) is 6.12. The lowest BCUT2D eigenvalue weighted by atomic mass is 10.2. The number of thiazole rings is 1. The fourth-order valence-corrected chi connectivity index (χ4v) is 3.20. The van der Waals surface area contributed by atoms with Crippen LogP contribution in [0.5, 0.6) is 5.75 Å². The minimum Gasteiger partial charge on any atom is -0.484 e. The number of hydrogen-bond acceptors (Lipinski definition) is 6. The lowest BCUT2D eigenvalue weighted by Crippen LogP contribution is -2.48. The minimum atomic E-state index is -0.609. The van der Waals surface area contributed by atoms with E-state index in [0.29, 0.717) is 23.7 Å². The first kappa shape index (κ1) is 20.5. The Labute approximate surface area is 165 Å². The molecule has 140 valence electrons. The summed E-state index contributed by atoms with van der Waals surface area (Å²) in [5.41, 5.74) is 2.51. The van der Waals surface area contributed by atoms with E-state index >= 15 is 0 Å². The molecule has 1 aromatic heterocycles. The van der Waals surface area contributed by atoms with E-state index in [1.165, 1.54) is 11.3 Å². The summed E-state index contributed by atoms with van der Waals surface area (Å²) in [7, 11) is 0. The Hall–Kier alpha value is -1.77. The highest BCUT2D eigenvalue weighted by Crippen LogP contribution is 2.15. The van der Waals surface area contributed by atoms with Gasteiger partial charge in [0, 0.05) is 10.4 Å². The fourth-order valence-electron chi connectivity index (χ4n) is 2.05. The van der Waals surface area contributed by atoms with Crippen molar-refractivity contribution in [2.45, 2.75) is 19.0 Å². The molecule has 2 N–H and O–H groups in total. The number of halogens is 1. The Morgan fingerprint density at radius 3 is 2.77 bits per heavy atom. The molecule has 6 nitrogen and oxygen atoms in total. The van der Waals surface area contributed by atoms with Crippen molar-refractivity contribution in [1.29, 1.82) is 0 Å². The Kier molecular flexibility index (Phi) is 8.73. The smallest absolute Gasteiger partial charge is 0.258 e. The summed E-state index contributed by atoms with van der Waals surface area (Å²) >= 11 is 8.89. The molecule has 1 heterocycles. The number of rotatable bonds is 10. The first-order chi connectivity index (χ1) is 12.6. The van der Waals surface area contributed by atoms with Crippen molar-refractivity contribution in [3.63, 3.8) is 0 Å². The number of thioether (sulfide) groups is 1. The van der Waals surface area contributed by atoms with Crippen molar-refractivity contribution in [2.75, 3.05) is 18.6 Å². The molecule has 0 aliphatic carbocycles. The fraction of sp³-hybridized carbons (Fsp3) is 0.353. The van der Waals surface area contributed by atoms with Gasteiger partial charge in [0.25, 0.3) is 5.91 Å². The molecule has 0 spiro atoms. The monoisotopic (exact) mass is 413 g/mol. The summed E-state index contributed by atoms with van der Waals surface area (Å²) < 4.78 is 5.41. The maximum atomic E-state index is 12.4. The molecule has 9 heteroatoms. The third-order valence-electron chi connectivity index (χ3n) is 3.37. The van der Waals surface area contributed by atoms with E-state index in [-0.39, 0.29) is 18.4 Å². The number of ether oxygens (including phenoxy) is 1. The molecular formula is C17H20ClN3O3S2. The van der Waals surface area contributed by atoms with Crippen LogP contribution < -0.4 is 15.4 Å². The standard InChI is InChI=1S/C17H20ClN3O3S2/c1-25-7-6-15(17(23)19-8-13-10-26-11-20-13)21-16(22)9-24-14-4-2-12(18)3-5-14/h2-5,10-11,15H,6-9H2,1H3,(H,19,23)(H,21,22). The van der Waals surface area contributed by atoms with Crippen molar-refractivity contribution in [3.05, 3.63) is 45.9 Å². The highest BCUT2D eigenvalue weighted by Gasteiger charge is 2.20. The van der Waals surface area contributed by atoms with Crippen LogP contribution >= 0.6 is 34.7 Å². The third kappa shape index (κ3) is 7.23. The molecule has 0 aliphatic heterocycles. The third-order valence-corrected chi connectivity index (χ3v) is 4.90. The van der Waals surface area contributed by atoms with Crippen LogP contribution in [0.15, 0.2) is 35.2 Å². The average molecular weight is 414 g/mol. The molecule has 2 rings (SSSR count). The van der Waals surface area contributed by atoms with Gasteiger partial charge in [-0.1, -0.05) is 11.6 Å². The Morgan fingerprint density at radius 1 is 1.35 bits per heavy atom. The van der Waals surface area contributed by atoms with Gasteiger partial charge in [-0.05, 0) is 42.7 Å². The number of nitrogens with zero attached hydrogens (tertiary/aromatic N) is 1. The number of amides is 2. The van der Waals surface area contributed by atoms with Crippen LogP contribution in [0.2, 0.25) is 5.02 Å². The average Bonchev–Trinajstić information content (AvgIpc) is 3.16. The largest absolute Gasteiger partial charge is 0.484 e. The van der Waals surface area contributed by atoms with Gasteiger partial charge >= 0.3 is 0 Å². The van der Waals surface area contributed by atoms with Gasteiger partial charge < -0.3 is 15.4 Å². The van der Waals surface area contributed by atoms with Crippen LogP contribution in [0.4, 0.5) is 0 Å². The Balaban J connectivity index is 1.83. The van der Waals surface area contributed by atoms with E-state index in [9.17, 15) is 9.59 Å². The quantitative estimate of drug-likeness (QED) is 0.626. The van der Waals surface area contributed by atoms with Crippen LogP contribution in [-0.4, -0.2) is 41.5 Å². The van der Waals surface area contributed by atoms with E-state index in [0.717, 1.165) is 11.4 Å². The molecule has 0 bridgehead atoms. The van der Waals surface area contributed by atoms with Gasteiger partial charge in [0.1, 0.15) is 11.8 Å². The normalized spacial score (nSPS) is 11.6. The number of carbonyl (C=O) groups is 2. The van der Waals surface area contributed by atoms with E-state index in [2.05, 4.69) is 15.6 Å². The summed E-state index contributed by atoms with van der Waals surface area (Å²) in [6.45, 7) is 0.173. The van der Waals surface area contributed by atoms with Gasteiger partial charge in [0.05, 0.1) is 17.7 Å². The zero-order valence-corrected chi connectivity index (χ0v) is 16.6. The second-order valence-corrected chi connectivity index (χ2v) is 7.48. The second-order valence-electron chi connectivity index (χ2n) is 5.34. The van der Waals surface area contributed by atoms with Crippen molar-refractivity contribution < 1.29 is 14.3 Å². The summed E-state index contributed by atoms with van der Waals surface area (Å²) in [5.74, 6) is 0.715. The lowest BCUT2D eigenvalue weighted by molar-refractivity contribution is -0.130. The predicted molar refractivity (Wildman–Crippen MR) is 106 cm³/mol.